The van der Waals surface area contributed by atoms with Crippen molar-refractivity contribution in [3.63, 3.8) is 0 Å². The molecule has 1 fully saturated rings. The average Bonchev–Trinajstić information content (AvgIpc) is 3.17. The van der Waals surface area contributed by atoms with Crippen LogP contribution in [0.25, 0.3) is 6.08 Å². The van der Waals surface area contributed by atoms with Crippen molar-refractivity contribution in [1.29, 1.82) is 0 Å². The Bertz CT molecular complexity index is 1300. The number of hydrogen-bond acceptors (Lipinski definition) is 4. The molecule has 0 aliphatic carbocycles. The van der Waals surface area contributed by atoms with Crippen LogP contribution in [0.15, 0.2) is 121 Å². The SMILES string of the molecule is O=C1O/C(=C/c2ccc(N(c3ccccc3)c3ccccc3)cc2)C(=O)N1CCc1ccccc1.[S-2]. The molecule has 4 aromatic carbocycles. The van der Waals surface area contributed by atoms with Gasteiger partial charge in [0.1, 0.15) is 0 Å². The van der Waals surface area contributed by atoms with Crippen LogP contribution < -0.4 is 4.90 Å². The summed E-state index contributed by atoms with van der Waals surface area (Å²) in [5.41, 5.74) is 4.89. The van der Waals surface area contributed by atoms with Gasteiger partial charge in [0.2, 0.25) is 0 Å². The fourth-order valence-electron chi connectivity index (χ4n) is 4.05. The van der Waals surface area contributed by atoms with Crippen molar-refractivity contribution in [2.24, 2.45) is 0 Å². The monoisotopic (exact) mass is 492 g/mol. The molecule has 1 heterocycles. The largest absolute Gasteiger partial charge is 2.00 e. The number of cyclic esters (lactones) is 1. The van der Waals surface area contributed by atoms with E-state index in [1.807, 2.05) is 91.0 Å². The molecule has 0 unspecified atom stereocenters. The summed E-state index contributed by atoms with van der Waals surface area (Å²) in [6, 6.07) is 37.8. The van der Waals surface area contributed by atoms with Gasteiger partial charge in [-0.3, -0.25) is 4.79 Å². The number of para-hydroxylation sites is 2. The third-order valence-electron chi connectivity index (χ3n) is 5.82. The summed E-state index contributed by atoms with van der Waals surface area (Å²) in [7, 11) is 0. The highest BCUT2D eigenvalue weighted by Crippen LogP contribution is 2.34. The first kappa shape index (κ1) is 24.8. The third-order valence-corrected chi connectivity index (χ3v) is 5.82. The molecule has 5 rings (SSSR count). The van der Waals surface area contributed by atoms with Gasteiger partial charge in [0, 0.05) is 23.6 Å². The van der Waals surface area contributed by atoms with E-state index in [9.17, 15) is 9.59 Å². The van der Waals surface area contributed by atoms with Gasteiger partial charge in [-0.2, -0.15) is 0 Å². The first-order chi connectivity index (χ1) is 17.2. The Balaban J connectivity index is 0.00000304. The van der Waals surface area contributed by atoms with Crippen molar-refractivity contribution in [3.05, 3.63) is 132 Å². The number of carbonyl (C=O) groups is 2. The molecule has 1 aliphatic rings. The van der Waals surface area contributed by atoms with Crippen LogP contribution in [0.2, 0.25) is 0 Å². The van der Waals surface area contributed by atoms with Crippen molar-refractivity contribution in [2.45, 2.75) is 6.42 Å². The van der Waals surface area contributed by atoms with Crippen molar-refractivity contribution in [1.82, 2.24) is 4.90 Å². The van der Waals surface area contributed by atoms with E-state index >= 15 is 0 Å². The summed E-state index contributed by atoms with van der Waals surface area (Å²) in [5, 5.41) is 0. The maximum atomic E-state index is 12.8. The molecule has 0 radical (unpaired) electrons. The van der Waals surface area contributed by atoms with E-state index in [1.165, 1.54) is 0 Å². The molecule has 4 aromatic rings. The lowest BCUT2D eigenvalue weighted by Crippen LogP contribution is -2.30. The first-order valence-electron chi connectivity index (χ1n) is 11.5. The summed E-state index contributed by atoms with van der Waals surface area (Å²) in [5.74, 6) is -0.371. The minimum absolute atomic E-state index is 0. The van der Waals surface area contributed by atoms with Crippen LogP contribution in [0.1, 0.15) is 11.1 Å². The van der Waals surface area contributed by atoms with Gasteiger partial charge in [0.25, 0.3) is 5.91 Å². The molecule has 0 bridgehead atoms. The maximum Gasteiger partial charge on any atom is 0.422 e. The standard InChI is InChI=1S/C30H24N2O3.S/c33-29-28(35-30(34)31(29)21-20-23-10-4-1-5-11-23)22-24-16-18-27(19-17-24)32(25-12-6-2-7-13-25)26-14-8-3-9-15-26;/h1-19,22H,20-21H2;/q;-2/b28-22+;. The molecule has 5 nitrogen and oxygen atoms in total. The number of nitrogens with zero attached hydrogens (tertiary/aromatic N) is 2. The van der Waals surface area contributed by atoms with Crippen LogP contribution in [0.3, 0.4) is 0 Å². The zero-order chi connectivity index (χ0) is 24.0. The topological polar surface area (TPSA) is 49.9 Å². The molecule has 0 atom stereocenters. The van der Waals surface area contributed by atoms with Gasteiger partial charge >= 0.3 is 6.09 Å². The molecule has 1 saturated heterocycles. The Morgan fingerprint density at radius 3 is 1.72 bits per heavy atom. The van der Waals surface area contributed by atoms with Gasteiger partial charge < -0.3 is 23.1 Å². The quantitative estimate of drug-likeness (QED) is 0.269. The molecule has 180 valence electrons. The number of rotatable bonds is 7. The lowest BCUT2D eigenvalue weighted by atomic mass is 10.1. The van der Waals surface area contributed by atoms with Gasteiger partial charge in [-0.25, -0.2) is 9.69 Å². The minimum Gasteiger partial charge on any atom is -2.00 e. The van der Waals surface area contributed by atoms with Crippen molar-refractivity contribution in [3.8, 4) is 0 Å². The smallest absolute Gasteiger partial charge is 0.422 e. The number of benzene rings is 4. The Kier molecular flexibility index (Phi) is 7.88. The molecular formula is C30H24N2O3S-2. The molecule has 0 N–H and O–H groups in total. The van der Waals surface area contributed by atoms with E-state index in [2.05, 4.69) is 29.2 Å². The lowest BCUT2D eigenvalue weighted by Gasteiger charge is -2.25. The molecule has 0 spiro atoms. The summed E-state index contributed by atoms with van der Waals surface area (Å²) in [4.78, 5) is 28.4. The van der Waals surface area contributed by atoms with Crippen LogP contribution in [-0.2, 0) is 29.4 Å². The number of ether oxygens (including phenoxy) is 1. The fraction of sp³-hybridized carbons (Fsp3) is 0.0667. The number of hydrogen-bond donors (Lipinski definition) is 0. The van der Waals surface area contributed by atoms with Crippen LogP contribution in [0.4, 0.5) is 21.9 Å². The van der Waals surface area contributed by atoms with Crippen molar-refractivity contribution < 1.29 is 14.3 Å². The van der Waals surface area contributed by atoms with Crippen LogP contribution >= 0.6 is 0 Å². The Morgan fingerprint density at radius 2 is 1.17 bits per heavy atom. The zero-order valence-corrected chi connectivity index (χ0v) is 20.3. The van der Waals surface area contributed by atoms with Gasteiger partial charge in [-0.15, -0.1) is 0 Å². The molecule has 0 aromatic heterocycles. The normalized spacial score (nSPS) is 13.9. The highest BCUT2D eigenvalue weighted by molar-refractivity contribution is 7.37. The van der Waals surface area contributed by atoms with E-state index in [1.54, 1.807) is 6.08 Å². The van der Waals surface area contributed by atoms with E-state index in [0.29, 0.717) is 6.42 Å². The average molecular weight is 493 g/mol. The van der Waals surface area contributed by atoms with E-state index in [-0.39, 0.29) is 25.8 Å². The molecule has 36 heavy (non-hydrogen) atoms. The highest BCUT2D eigenvalue weighted by Gasteiger charge is 2.36. The molecule has 2 amide bonds. The van der Waals surface area contributed by atoms with Crippen molar-refractivity contribution >= 4 is 48.6 Å². The second-order valence-corrected chi connectivity index (χ2v) is 8.17. The fourth-order valence-corrected chi connectivity index (χ4v) is 4.05. The summed E-state index contributed by atoms with van der Waals surface area (Å²) < 4.78 is 5.28. The second kappa shape index (κ2) is 11.4. The van der Waals surface area contributed by atoms with E-state index < -0.39 is 12.0 Å². The Labute approximate surface area is 217 Å². The van der Waals surface area contributed by atoms with E-state index in [4.69, 9.17) is 4.74 Å². The summed E-state index contributed by atoms with van der Waals surface area (Å²) >= 11 is 0. The third kappa shape index (κ3) is 5.50. The predicted molar refractivity (Wildman–Crippen MR) is 145 cm³/mol. The van der Waals surface area contributed by atoms with Gasteiger partial charge in [-0.05, 0) is 60.0 Å². The molecule has 6 heteroatoms. The van der Waals surface area contributed by atoms with E-state index in [0.717, 1.165) is 33.1 Å². The first-order valence-corrected chi connectivity index (χ1v) is 11.5. The number of amides is 2. The van der Waals surface area contributed by atoms with Crippen LogP contribution in [0.5, 0.6) is 0 Å². The van der Waals surface area contributed by atoms with Crippen LogP contribution in [0, 0.1) is 0 Å². The predicted octanol–water partition coefficient (Wildman–Crippen LogP) is 6.72. The van der Waals surface area contributed by atoms with Gasteiger partial charge in [-0.1, -0.05) is 78.9 Å². The molecule has 1 aliphatic heterocycles. The number of carbonyl (C=O) groups excluding carboxylic acids is 2. The molecule has 0 saturated carbocycles. The number of anilines is 3. The Hall–Kier alpha value is -4.29. The number of imide groups is 1. The maximum absolute atomic E-state index is 12.8. The van der Waals surface area contributed by atoms with Crippen molar-refractivity contribution in [2.75, 3.05) is 11.4 Å². The lowest BCUT2D eigenvalue weighted by molar-refractivity contribution is -0.123. The zero-order valence-electron chi connectivity index (χ0n) is 19.5. The minimum atomic E-state index is -0.631. The molecular weight excluding hydrogens is 468 g/mol. The summed E-state index contributed by atoms with van der Waals surface area (Å²) in [6.07, 6.45) is 1.56. The summed E-state index contributed by atoms with van der Waals surface area (Å²) in [6.45, 7) is 0.279. The highest BCUT2D eigenvalue weighted by atomic mass is 32.1. The second-order valence-electron chi connectivity index (χ2n) is 8.17. The van der Waals surface area contributed by atoms with Crippen LogP contribution in [-0.4, -0.2) is 23.4 Å². The Morgan fingerprint density at radius 1 is 0.667 bits per heavy atom. The van der Waals surface area contributed by atoms with Gasteiger partial charge in [0.15, 0.2) is 5.76 Å². The van der Waals surface area contributed by atoms with Gasteiger partial charge in [0.05, 0.1) is 0 Å².